The highest BCUT2D eigenvalue weighted by atomic mass is 35.5. The van der Waals surface area contributed by atoms with Gasteiger partial charge in [0.1, 0.15) is 0 Å². The molecule has 0 aromatic heterocycles. The molecule has 1 aliphatic heterocycles. The second-order valence-electron chi connectivity index (χ2n) is 5.00. The summed E-state index contributed by atoms with van der Waals surface area (Å²) in [6, 6.07) is 7.58. The third-order valence-corrected chi connectivity index (χ3v) is 3.75. The number of halogens is 1. The van der Waals surface area contributed by atoms with Crippen LogP contribution in [0.2, 0.25) is 5.02 Å². The smallest absolute Gasteiger partial charge is 0.234 e. The largest absolute Gasteiger partial charge is 0.355 e. The molecule has 2 unspecified atom stereocenters. The molecule has 0 spiro atoms. The molecular weight excluding hydrogens is 262 g/mol. The number of carbonyl (C=O) groups is 1. The highest BCUT2D eigenvalue weighted by Crippen LogP contribution is 2.29. The minimum absolute atomic E-state index is 0.0300. The second-order valence-corrected chi connectivity index (χ2v) is 5.41. The van der Waals surface area contributed by atoms with Crippen molar-refractivity contribution in [2.75, 3.05) is 19.6 Å². The van der Waals surface area contributed by atoms with Gasteiger partial charge in [-0.05, 0) is 25.0 Å². The molecule has 5 heteroatoms. The Balaban J connectivity index is 2.29. The fraction of sp³-hybridized carbons (Fsp3) is 0.500. The van der Waals surface area contributed by atoms with E-state index in [1.54, 1.807) is 0 Å². The topological polar surface area (TPSA) is 58.4 Å². The van der Waals surface area contributed by atoms with Gasteiger partial charge >= 0.3 is 0 Å². The minimum Gasteiger partial charge on any atom is -0.355 e. The van der Waals surface area contributed by atoms with Crippen LogP contribution in [0, 0.1) is 0 Å². The molecule has 3 N–H and O–H groups in total. The Labute approximate surface area is 118 Å². The van der Waals surface area contributed by atoms with Gasteiger partial charge in [0.25, 0.3) is 0 Å². The minimum atomic E-state index is -0.0919. The van der Waals surface area contributed by atoms with E-state index in [2.05, 4.69) is 10.2 Å². The van der Waals surface area contributed by atoms with Crippen molar-refractivity contribution in [3.05, 3.63) is 34.9 Å². The van der Waals surface area contributed by atoms with Crippen molar-refractivity contribution in [3.63, 3.8) is 0 Å². The number of amides is 1. The van der Waals surface area contributed by atoms with Gasteiger partial charge in [0.2, 0.25) is 5.91 Å². The van der Waals surface area contributed by atoms with Crippen LogP contribution in [-0.2, 0) is 4.79 Å². The summed E-state index contributed by atoms with van der Waals surface area (Å²) in [4.78, 5) is 13.8. The van der Waals surface area contributed by atoms with E-state index in [-0.39, 0.29) is 18.0 Å². The number of nitrogens with two attached hydrogens (primary N) is 1. The maximum Gasteiger partial charge on any atom is 0.234 e. The summed E-state index contributed by atoms with van der Waals surface area (Å²) in [7, 11) is 0. The summed E-state index contributed by atoms with van der Waals surface area (Å²) in [6.07, 6.45) is 0.930. The second kappa shape index (κ2) is 6.37. The maximum absolute atomic E-state index is 11.7. The molecular formula is C14H20ClN3O. The van der Waals surface area contributed by atoms with Crippen LogP contribution in [0.1, 0.15) is 24.9 Å². The third kappa shape index (κ3) is 3.47. The van der Waals surface area contributed by atoms with Crippen LogP contribution in [-0.4, -0.2) is 36.5 Å². The zero-order valence-electron chi connectivity index (χ0n) is 11.1. The maximum atomic E-state index is 11.7. The predicted molar refractivity (Wildman–Crippen MR) is 77.0 cm³/mol. The van der Waals surface area contributed by atoms with E-state index in [0.29, 0.717) is 11.6 Å². The van der Waals surface area contributed by atoms with Crippen molar-refractivity contribution >= 4 is 17.5 Å². The molecule has 1 aromatic rings. The van der Waals surface area contributed by atoms with Crippen LogP contribution in [0.4, 0.5) is 0 Å². The Bertz CT molecular complexity index is 450. The van der Waals surface area contributed by atoms with Crippen LogP contribution in [0.25, 0.3) is 0 Å². The van der Waals surface area contributed by atoms with Crippen LogP contribution < -0.4 is 11.1 Å². The van der Waals surface area contributed by atoms with E-state index in [0.717, 1.165) is 25.1 Å². The van der Waals surface area contributed by atoms with Gasteiger partial charge < -0.3 is 11.1 Å². The molecule has 19 heavy (non-hydrogen) atoms. The van der Waals surface area contributed by atoms with Gasteiger partial charge in [-0.25, -0.2) is 0 Å². The molecule has 1 amide bonds. The van der Waals surface area contributed by atoms with Crippen LogP contribution >= 0.6 is 11.6 Å². The lowest BCUT2D eigenvalue weighted by atomic mass is 9.99. The van der Waals surface area contributed by atoms with Crippen molar-refractivity contribution in [2.45, 2.75) is 25.4 Å². The van der Waals surface area contributed by atoms with Crippen molar-refractivity contribution in [3.8, 4) is 0 Å². The quantitative estimate of drug-likeness (QED) is 0.884. The van der Waals surface area contributed by atoms with Gasteiger partial charge in [-0.15, -0.1) is 0 Å². The average Bonchev–Trinajstić information content (AvgIpc) is 2.56. The molecule has 4 nitrogen and oxygen atoms in total. The molecule has 104 valence electrons. The van der Waals surface area contributed by atoms with Gasteiger partial charge in [0.05, 0.1) is 12.6 Å². The highest BCUT2D eigenvalue weighted by Gasteiger charge is 2.28. The van der Waals surface area contributed by atoms with Crippen molar-refractivity contribution in [1.29, 1.82) is 0 Å². The van der Waals surface area contributed by atoms with E-state index >= 15 is 0 Å². The number of nitrogens with zero attached hydrogens (tertiary/aromatic N) is 1. The van der Waals surface area contributed by atoms with Crippen molar-refractivity contribution in [1.82, 2.24) is 10.2 Å². The lowest BCUT2D eigenvalue weighted by molar-refractivity contribution is -0.122. The Morgan fingerprint density at radius 2 is 2.16 bits per heavy atom. The Hall–Kier alpha value is -1.10. The zero-order valence-corrected chi connectivity index (χ0v) is 11.9. The van der Waals surface area contributed by atoms with E-state index in [1.807, 2.05) is 31.2 Å². The van der Waals surface area contributed by atoms with Gasteiger partial charge in [0.15, 0.2) is 0 Å². The summed E-state index contributed by atoms with van der Waals surface area (Å²) in [6.45, 7) is 3.90. The zero-order chi connectivity index (χ0) is 13.8. The Morgan fingerprint density at radius 1 is 1.42 bits per heavy atom. The molecule has 0 aliphatic carbocycles. The first-order valence-electron chi connectivity index (χ1n) is 6.60. The lowest BCUT2D eigenvalue weighted by Gasteiger charge is -2.33. The Morgan fingerprint density at radius 3 is 2.84 bits per heavy atom. The van der Waals surface area contributed by atoms with E-state index in [9.17, 15) is 4.79 Å². The summed E-state index contributed by atoms with van der Waals surface area (Å²) >= 11 is 6.28. The molecule has 1 heterocycles. The number of hydrogen-bond donors (Lipinski definition) is 2. The first kappa shape index (κ1) is 14.3. The monoisotopic (exact) mass is 281 g/mol. The molecule has 2 rings (SSSR count). The summed E-state index contributed by atoms with van der Waals surface area (Å²) < 4.78 is 0. The summed E-state index contributed by atoms with van der Waals surface area (Å²) in [5, 5.41) is 3.58. The van der Waals surface area contributed by atoms with Crippen molar-refractivity contribution < 1.29 is 4.79 Å². The van der Waals surface area contributed by atoms with Crippen molar-refractivity contribution in [2.24, 2.45) is 5.73 Å². The fourth-order valence-corrected chi connectivity index (χ4v) is 2.84. The number of rotatable bonds is 3. The molecule has 0 saturated carbocycles. The molecule has 0 radical (unpaired) electrons. The standard InChI is InChI=1S/C14H20ClN3O/c1-10(16)14(11-5-2-3-6-12(11)15)18-8-4-7-17-13(19)9-18/h2-3,5-6,10,14H,4,7-9,16H2,1H3,(H,17,19). The van der Waals surface area contributed by atoms with Gasteiger partial charge in [-0.2, -0.15) is 0 Å². The number of carbonyl (C=O) groups excluding carboxylic acids is 1. The first-order chi connectivity index (χ1) is 9.09. The normalized spacial score (nSPS) is 20.5. The summed E-state index contributed by atoms with van der Waals surface area (Å²) in [5.74, 6) is 0.0511. The fourth-order valence-electron chi connectivity index (χ4n) is 2.59. The van der Waals surface area contributed by atoms with E-state index in [4.69, 9.17) is 17.3 Å². The van der Waals surface area contributed by atoms with Crippen LogP contribution in [0.15, 0.2) is 24.3 Å². The number of benzene rings is 1. The molecule has 1 saturated heterocycles. The molecule has 1 aromatic carbocycles. The third-order valence-electron chi connectivity index (χ3n) is 3.41. The number of hydrogen-bond acceptors (Lipinski definition) is 3. The SMILES string of the molecule is CC(N)C(c1ccccc1Cl)N1CCCNC(=O)C1. The number of nitrogens with one attached hydrogen (secondary N) is 1. The predicted octanol–water partition coefficient (Wildman–Crippen LogP) is 1.55. The first-order valence-corrected chi connectivity index (χ1v) is 6.98. The Kier molecular flexibility index (Phi) is 4.80. The molecule has 0 bridgehead atoms. The van der Waals surface area contributed by atoms with Gasteiger partial charge in [-0.1, -0.05) is 29.8 Å². The molecule has 1 fully saturated rings. The van der Waals surface area contributed by atoms with Gasteiger partial charge in [0, 0.05) is 24.2 Å². The van der Waals surface area contributed by atoms with E-state index < -0.39 is 0 Å². The highest BCUT2D eigenvalue weighted by molar-refractivity contribution is 6.31. The molecule has 1 aliphatic rings. The lowest BCUT2D eigenvalue weighted by Crippen LogP contribution is -2.43. The van der Waals surface area contributed by atoms with Gasteiger partial charge in [-0.3, -0.25) is 9.69 Å². The average molecular weight is 282 g/mol. The summed E-state index contributed by atoms with van der Waals surface area (Å²) in [5.41, 5.74) is 7.13. The van der Waals surface area contributed by atoms with E-state index in [1.165, 1.54) is 0 Å². The van der Waals surface area contributed by atoms with Crippen LogP contribution in [0.3, 0.4) is 0 Å². The molecule has 2 atom stereocenters. The van der Waals surface area contributed by atoms with Crippen LogP contribution in [0.5, 0.6) is 0 Å².